The molecule has 4 rings (SSSR count). The molecule has 7 heteroatoms. The largest absolute Gasteiger partial charge is 0.421 e. The number of carbonyl (C=O) groups is 1. The van der Waals surface area contributed by atoms with Crippen molar-refractivity contribution in [3.8, 4) is 11.5 Å². The minimum absolute atomic E-state index is 0.148. The molecule has 0 saturated carbocycles. The Bertz CT molecular complexity index is 1100. The first kappa shape index (κ1) is 17.2. The number of nitrogens with one attached hydrogen (secondary N) is 1. The van der Waals surface area contributed by atoms with Crippen molar-refractivity contribution in [3.05, 3.63) is 71.7 Å². The van der Waals surface area contributed by atoms with E-state index < -0.39 is 0 Å². The Morgan fingerprint density at radius 1 is 1.04 bits per heavy atom. The molecule has 2 heterocycles. The van der Waals surface area contributed by atoms with E-state index in [2.05, 4.69) is 20.5 Å². The Labute approximate surface area is 160 Å². The fraction of sp³-hybridized carbons (Fsp3) is 0.100. The number of benzene rings is 2. The van der Waals surface area contributed by atoms with Crippen molar-refractivity contribution in [2.45, 2.75) is 12.8 Å². The highest BCUT2D eigenvalue weighted by atomic mass is 35.5. The van der Waals surface area contributed by atoms with Gasteiger partial charge in [-0.3, -0.25) is 9.78 Å². The van der Waals surface area contributed by atoms with E-state index >= 15 is 0 Å². The second kappa shape index (κ2) is 7.55. The first-order valence-corrected chi connectivity index (χ1v) is 8.79. The minimum Gasteiger partial charge on any atom is -0.421 e. The molecular weight excluding hydrogens is 364 g/mol. The Morgan fingerprint density at radius 2 is 1.89 bits per heavy atom. The van der Waals surface area contributed by atoms with Crippen LogP contribution in [0.2, 0.25) is 5.02 Å². The molecule has 0 fully saturated rings. The van der Waals surface area contributed by atoms with Gasteiger partial charge < -0.3 is 9.73 Å². The number of rotatable bonds is 5. The maximum atomic E-state index is 12.3. The third kappa shape index (κ3) is 3.80. The zero-order valence-electron chi connectivity index (χ0n) is 14.2. The van der Waals surface area contributed by atoms with E-state index in [0.717, 1.165) is 10.9 Å². The number of amides is 1. The minimum atomic E-state index is -0.148. The van der Waals surface area contributed by atoms with Crippen LogP contribution in [-0.4, -0.2) is 21.1 Å². The summed E-state index contributed by atoms with van der Waals surface area (Å²) < 4.78 is 5.62. The summed E-state index contributed by atoms with van der Waals surface area (Å²) in [4.78, 5) is 16.6. The molecule has 0 bridgehead atoms. The van der Waals surface area contributed by atoms with Gasteiger partial charge in [-0.15, -0.1) is 10.2 Å². The second-order valence-electron chi connectivity index (χ2n) is 5.91. The van der Waals surface area contributed by atoms with Crippen LogP contribution in [0.15, 0.2) is 65.2 Å². The summed E-state index contributed by atoms with van der Waals surface area (Å²) in [6, 6.07) is 16.7. The van der Waals surface area contributed by atoms with Crippen molar-refractivity contribution in [3.63, 3.8) is 0 Å². The molecule has 1 N–H and O–H groups in total. The van der Waals surface area contributed by atoms with Crippen LogP contribution in [0.5, 0.6) is 0 Å². The molecule has 0 aliphatic rings. The predicted molar refractivity (Wildman–Crippen MR) is 103 cm³/mol. The number of halogens is 1. The van der Waals surface area contributed by atoms with Gasteiger partial charge in [0.2, 0.25) is 17.7 Å². The number of pyridine rings is 1. The quantitative estimate of drug-likeness (QED) is 0.552. The smallest absolute Gasteiger partial charge is 0.249 e. The molecule has 4 aromatic rings. The van der Waals surface area contributed by atoms with Crippen LogP contribution in [0.4, 0.5) is 5.69 Å². The third-order valence-electron chi connectivity index (χ3n) is 4.04. The van der Waals surface area contributed by atoms with Crippen LogP contribution >= 0.6 is 11.6 Å². The number of aromatic nitrogens is 3. The van der Waals surface area contributed by atoms with E-state index in [1.165, 1.54) is 0 Å². The standard InChI is InChI=1S/C20H15ClN4O2/c21-15-8-2-1-7-14(15)20-25-24-18(27-20)11-10-17(26)23-16-9-3-5-13-6-4-12-22-19(13)16/h1-9,12H,10-11H2,(H,23,26). The summed E-state index contributed by atoms with van der Waals surface area (Å²) in [6.45, 7) is 0. The van der Waals surface area contributed by atoms with Crippen molar-refractivity contribution >= 4 is 34.1 Å². The van der Waals surface area contributed by atoms with Crippen LogP contribution in [0.1, 0.15) is 12.3 Å². The van der Waals surface area contributed by atoms with Gasteiger partial charge in [0.25, 0.3) is 0 Å². The Kier molecular flexibility index (Phi) is 4.80. The van der Waals surface area contributed by atoms with Gasteiger partial charge in [-0.25, -0.2) is 0 Å². The number of para-hydroxylation sites is 1. The number of hydrogen-bond acceptors (Lipinski definition) is 5. The Morgan fingerprint density at radius 3 is 2.78 bits per heavy atom. The average molecular weight is 379 g/mol. The summed E-state index contributed by atoms with van der Waals surface area (Å²) in [7, 11) is 0. The zero-order chi connectivity index (χ0) is 18.6. The van der Waals surface area contributed by atoms with E-state index in [-0.39, 0.29) is 12.3 Å². The number of nitrogens with zero attached hydrogens (tertiary/aromatic N) is 3. The molecule has 2 aromatic heterocycles. The maximum absolute atomic E-state index is 12.3. The normalized spacial score (nSPS) is 10.9. The van der Waals surface area contributed by atoms with Gasteiger partial charge >= 0.3 is 0 Å². The zero-order valence-corrected chi connectivity index (χ0v) is 15.0. The summed E-state index contributed by atoms with van der Waals surface area (Å²) in [6.07, 6.45) is 2.25. The third-order valence-corrected chi connectivity index (χ3v) is 4.37. The highest BCUT2D eigenvalue weighted by molar-refractivity contribution is 6.33. The highest BCUT2D eigenvalue weighted by Crippen LogP contribution is 2.26. The van der Waals surface area contributed by atoms with E-state index in [9.17, 15) is 4.79 Å². The van der Waals surface area contributed by atoms with Crippen LogP contribution in [0.25, 0.3) is 22.4 Å². The van der Waals surface area contributed by atoms with Crippen molar-refractivity contribution in [1.82, 2.24) is 15.2 Å². The van der Waals surface area contributed by atoms with Crippen LogP contribution in [0, 0.1) is 0 Å². The summed E-state index contributed by atoms with van der Waals surface area (Å²) in [5.74, 6) is 0.580. The van der Waals surface area contributed by atoms with Crippen molar-refractivity contribution in [1.29, 1.82) is 0 Å². The average Bonchev–Trinajstić information content (AvgIpc) is 3.16. The molecule has 0 aliphatic heterocycles. The van der Waals surface area contributed by atoms with Crippen LogP contribution in [0.3, 0.4) is 0 Å². The van der Waals surface area contributed by atoms with Crippen molar-refractivity contribution < 1.29 is 9.21 Å². The molecule has 0 radical (unpaired) electrons. The van der Waals surface area contributed by atoms with Gasteiger partial charge in [-0.2, -0.15) is 0 Å². The Balaban J connectivity index is 1.42. The molecule has 0 spiro atoms. The SMILES string of the molecule is O=C(CCc1nnc(-c2ccccc2Cl)o1)Nc1cccc2cccnc12. The number of hydrogen-bond donors (Lipinski definition) is 1. The fourth-order valence-corrected chi connectivity index (χ4v) is 2.95. The molecule has 2 aromatic carbocycles. The molecule has 6 nitrogen and oxygen atoms in total. The first-order valence-electron chi connectivity index (χ1n) is 8.41. The lowest BCUT2D eigenvalue weighted by Crippen LogP contribution is -2.13. The first-order chi connectivity index (χ1) is 13.2. The van der Waals surface area contributed by atoms with Gasteiger partial charge in [0.15, 0.2) is 0 Å². The molecule has 0 saturated heterocycles. The van der Waals surface area contributed by atoms with E-state index in [0.29, 0.717) is 34.5 Å². The number of aryl methyl sites for hydroxylation is 1. The fourth-order valence-electron chi connectivity index (χ4n) is 2.74. The topological polar surface area (TPSA) is 80.9 Å². The van der Waals surface area contributed by atoms with Gasteiger partial charge in [0.1, 0.15) is 0 Å². The second-order valence-corrected chi connectivity index (χ2v) is 6.32. The van der Waals surface area contributed by atoms with E-state index in [1.54, 1.807) is 18.3 Å². The highest BCUT2D eigenvalue weighted by Gasteiger charge is 2.13. The molecule has 1 amide bonds. The van der Waals surface area contributed by atoms with E-state index in [4.69, 9.17) is 16.0 Å². The molecule has 27 heavy (non-hydrogen) atoms. The number of carbonyl (C=O) groups excluding carboxylic acids is 1. The lowest BCUT2D eigenvalue weighted by atomic mass is 10.2. The molecule has 0 atom stereocenters. The molecule has 0 aliphatic carbocycles. The van der Waals surface area contributed by atoms with Gasteiger partial charge in [0.05, 0.1) is 21.8 Å². The maximum Gasteiger partial charge on any atom is 0.249 e. The lowest BCUT2D eigenvalue weighted by molar-refractivity contribution is -0.116. The monoisotopic (exact) mass is 378 g/mol. The van der Waals surface area contributed by atoms with Gasteiger partial charge in [-0.05, 0) is 24.3 Å². The molecular formula is C20H15ClN4O2. The number of fused-ring (bicyclic) bond motifs is 1. The van der Waals surface area contributed by atoms with Crippen LogP contribution in [-0.2, 0) is 11.2 Å². The van der Waals surface area contributed by atoms with E-state index in [1.807, 2.05) is 42.5 Å². The number of anilines is 1. The van der Waals surface area contributed by atoms with Gasteiger partial charge in [0, 0.05) is 24.4 Å². The molecule has 134 valence electrons. The van der Waals surface area contributed by atoms with Gasteiger partial charge in [-0.1, -0.05) is 41.9 Å². The summed E-state index contributed by atoms with van der Waals surface area (Å²) >= 11 is 6.14. The predicted octanol–water partition coefficient (Wildman–Crippen LogP) is 4.51. The van der Waals surface area contributed by atoms with Crippen molar-refractivity contribution in [2.75, 3.05) is 5.32 Å². The lowest BCUT2D eigenvalue weighted by Gasteiger charge is -2.07. The van der Waals surface area contributed by atoms with Crippen molar-refractivity contribution in [2.24, 2.45) is 0 Å². The Hall–Kier alpha value is -3.25. The molecule has 0 unspecified atom stereocenters. The summed E-state index contributed by atoms with van der Waals surface area (Å²) in [5, 5.41) is 12.4. The van der Waals surface area contributed by atoms with Crippen LogP contribution < -0.4 is 5.32 Å². The summed E-state index contributed by atoms with van der Waals surface area (Å²) in [5.41, 5.74) is 2.11.